The van der Waals surface area contributed by atoms with Crippen LogP contribution in [0.4, 0.5) is 5.82 Å². The monoisotopic (exact) mass is 263 g/mol. The largest absolute Gasteiger partial charge is 0.395 e. The maximum Gasteiger partial charge on any atom is 0.141 e. The molecule has 18 heavy (non-hydrogen) atoms. The van der Waals surface area contributed by atoms with Crippen LogP contribution in [0.5, 0.6) is 0 Å². The van der Waals surface area contributed by atoms with Crippen molar-refractivity contribution in [2.45, 2.75) is 31.7 Å². The van der Waals surface area contributed by atoms with Crippen LogP contribution in [0.1, 0.15) is 25.7 Å². The van der Waals surface area contributed by atoms with Gasteiger partial charge in [0.15, 0.2) is 0 Å². The van der Waals surface area contributed by atoms with Crippen LogP contribution in [0, 0.1) is 0 Å². The van der Waals surface area contributed by atoms with Crippen LogP contribution >= 0.6 is 11.3 Å². The minimum absolute atomic E-state index is 0.173. The second-order valence-corrected chi connectivity index (χ2v) is 5.59. The summed E-state index contributed by atoms with van der Waals surface area (Å²) in [7, 11) is 0. The highest BCUT2D eigenvalue weighted by atomic mass is 32.1. The summed E-state index contributed by atoms with van der Waals surface area (Å²) in [5.41, 5.74) is 0. The Kier molecular flexibility index (Phi) is 3.43. The lowest BCUT2D eigenvalue weighted by molar-refractivity contribution is 0.297. The first-order valence-corrected chi connectivity index (χ1v) is 7.34. The molecule has 1 aliphatic rings. The molecule has 5 heteroatoms. The van der Waals surface area contributed by atoms with Gasteiger partial charge in [0.05, 0.1) is 12.0 Å². The zero-order valence-corrected chi connectivity index (χ0v) is 11.1. The van der Waals surface area contributed by atoms with Gasteiger partial charge >= 0.3 is 0 Å². The van der Waals surface area contributed by atoms with Crippen molar-refractivity contribution in [2.75, 3.05) is 18.1 Å². The molecule has 2 heterocycles. The zero-order chi connectivity index (χ0) is 12.4. The van der Waals surface area contributed by atoms with Gasteiger partial charge in [0, 0.05) is 12.6 Å². The van der Waals surface area contributed by atoms with Crippen LogP contribution in [0.25, 0.3) is 10.2 Å². The summed E-state index contributed by atoms with van der Waals surface area (Å²) in [5.74, 6) is 0.988. The molecule has 0 unspecified atom stereocenters. The Labute approximate surface area is 110 Å². The SMILES string of the molecule is OCCN(c1ncnc2sccc12)C1CCCC1. The summed E-state index contributed by atoms with van der Waals surface area (Å²) in [6.45, 7) is 0.832. The van der Waals surface area contributed by atoms with Crippen LogP contribution in [-0.4, -0.2) is 34.3 Å². The van der Waals surface area contributed by atoms with Crippen molar-refractivity contribution in [1.29, 1.82) is 0 Å². The van der Waals surface area contributed by atoms with E-state index in [0.29, 0.717) is 12.6 Å². The second kappa shape index (κ2) is 5.20. The molecule has 0 aliphatic heterocycles. The van der Waals surface area contributed by atoms with Crippen LogP contribution in [0.2, 0.25) is 0 Å². The maximum absolute atomic E-state index is 9.30. The van der Waals surface area contributed by atoms with Gasteiger partial charge in [0.1, 0.15) is 17.0 Å². The summed E-state index contributed by atoms with van der Waals surface area (Å²) in [6.07, 6.45) is 6.60. The minimum atomic E-state index is 0.173. The number of aliphatic hydroxyl groups excluding tert-OH is 1. The molecule has 96 valence electrons. The molecule has 2 aromatic rings. The van der Waals surface area contributed by atoms with E-state index in [4.69, 9.17) is 0 Å². The number of rotatable bonds is 4. The molecule has 0 radical (unpaired) electrons. The average molecular weight is 263 g/mol. The van der Waals surface area contributed by atoms with Gasteiger partial charge in [0.25, 0.3) is 0 Å². The predicted molar refractivity (Wildman–Crippen MR) is 74.1 cm³/mol. The van der Waals surface area contributed by atoms with Crippen molar-refractivity contribution in [3.05, 3.63) is 17.8 Å². The molecule has 4 nitrogen and oxygen atoms in total. The average Bonchev–Trinajstić information content (AvgIpc) is 3.06. The third kappa shape index (κ3) is 2.08. The Bertz CT molecular complexity index is 522. The molecule has 1 fully saturated rings. The van der Waals surface area contributed by atoms with E-state index in [2.05, 4.69) is 26.3 Å². The number of aromatic nitrogens is 2. The molecule has 0 spiro atoms. The highest BCUT2D eigenvalue weighted by Gasteiger charge is 2.24. The normalized spacial score (nSPS) is 16.5. The molecule has 3 rings (SSSR count). The number of fused-ring (bicyclic) bond motifs is 1. The Balaban J connectivity index is 2.00. The first-order chi connectivity index (χ1) is 8.90. The van der Waals surface area contributed by atoms with Crippen LogP contribution in [-0.2, 0) is 0 Å². The van der Waals surface area contributed by atoms with E-state index in [-0.39, 0.29) is 6.61 Å². The fourth-order valence-corrected chi connectivity index (χ4v) is 3.52. The van der Waals surface area contributed by atoms with E-state index >= 15 is 0 Å². The van der Waals surface area contributed by atoms with E-state index in [1.807, 2.05) is 0 Å². The van der Waals surface area contributed by atoms with E-state index in [9.17, 15) is 5.11 Å². The van der Waals surface area contributed by atoms with E-state index in [0.717, 1.165) is 16.0 Å². The molecule has 0 bridgehead atoms. The number of anilines is 1. The first kappa shape index (κ1) is 11.9. The lowest BCUT2D eigenvalue weighted by atomic mass is 10.2. The summed E-state index contributed by atoms with van der Waals surface area (Å²) < 4.78 is 0. The smallest absolute Gasteiger partial charge is 0.141 e. The quantitative estimate of drug-likeness (QED) is 0.920. The minimum Gasteiger partial charge on any atom is -0.395 e. The number of nitrogens with zero attached hydrogens (tertiary/aromatic N) is 3. The fraction of sp³-hybridized carbons (Fsp3) is 0.538. The van der Waals surface area contributed by atoms with Gasteiger partial charge in [-0.25, -0.2) is 9.97 Å². The van der Waals surface area contributed by atoms with Crippen molar-refractivity contribution >= 4 is 27.4 Å². The summed E-state index contributed by atoms with van der Waals surface area (Å²) >= 11 is 1.64. The molecule has 0 aromatic carbocycles. The van der Waals surface area contributed by atoms with Gasteiger partial charge in [0.2, 0.25) is 0 Å². The van der Waals surface area contributed by atoms with Gasteiger partial charge in [-0.15, -0.1) is 11.3 Å². The van der Waals surface area contributed by atoms with Crippen molar-refractivity contribution in [3.8, 4) is 0 Å². The Morgan fingerprint density at radius 1 is 1.33 bits per heavy atom. The topological polar surface area (TPSA) is 49.2 Å². The second-order valence-electron chi connectivity index (χ2n) is 4.69. The van der Waals surface area contributed by atoms with E-state index < -0.39 is 0 Å². The lowest BCUT2D eigenvalue weighted by Crippen LogP contribution is -2.36. The van der Waals surface area contributed by atoms with Crippen molar-refractivity contribution < 1.29 is 5.11 Å². The van der Waals surface area contributed by atoms with Gasteiger partial charge in [-0.1, -0.05) is 12.8 Å². The van der Waals surface area contributed by atoms with Gasteiger partial charge < -0.3 is 10.0 Å². The molecule has 1 saturated carbocycles. The molecule has 1 aliphatic carbocycles. The highest BCUT2D eigenvalue weighted by Crippen LogP contribution is 2.32. The standard InChI is InChI=1S/C13H17N3OS/c17-7-6-16(10-3-1-2-4-10)12-11-5-8-18-13(11)15-9-14-12/h5,8-10,17H,1-4,6-7H2. The van der Waals surface area contributed by atoms with Gasteiger partial charge in [-0.3, -0.25) is 0 Å². The number of thiophene rings is 1. The van der Waals surface area contributed by atoms with Gasteiger partial charge in [-0.2, -0.15) is 0 Å². The lowest BCUT2D eigenvalue weighted by Gasteiger charge is -2.29. The molecule has 0 atom stereocenters. The third-order valence-electron chi connectivity index (χ3n) is 3.62. The van der Waals surface area contributed by atoms with Gasteiger partial charge in [-0.05, 0) is 24.3 Å². The summed E-state index contributed by atoms with van der Waals surface area (Å²) in [5, 5.41) is 12.5. The first-order valence-electron chi connectivity index (χ1n) is 6.46. The molecule has 1 N–H and O–H groups in total. The number of hydrogen-bond acceptors (Lipinski definition) is 5. The highest BCUT2D eigenvalue weighted by molar-refractivity contribution is 7.16. The Hall–Kier alpha value is -1.20. The Morgan fingerprint density at radius 3 is 2.94 bits per heavy atom. The Morgan fingerprint density at radius 2 is 2.17 bits per heavy atom. The fourth-order valence-electron chi connectivity index (χ4n) is 2.79. The van der Waals surface area contributed by atoms with E-state index in [1.54, 1.807) is 17.7 Å². The van der Waals surface area contributed by atoms with Crippen molar-refractivity contribution in [1.82, 2.24) is 9.97 Å². The molecule has 2 aromatic heterocycles. The predicted octanol–water partition coefficient (Wildman–Crippen LogP) is 2.43. The molecule has 0 saturated heterocycles. The summed E-state index contributed by atoms with van der Waals surface area (Å²) in [6, 6.07) is 2.60. The van der Waals surface area contributed by atoms with Crippen LogP contribution < -0.4 is 4.90 Å². The zero-order valence-electron chi connectivity index (χ0n) is 10.2. The third-order valence-corrected chi connectivity index (χ3v) is 4.44. The molecular formula is C13H17N3OS. The van der Waals surface area contributed by atoms with Crippen LogP contribution in [0.15, 0.2) is 17.8 Å². The molecular weight excluding hydrogens is 246 g/mol. The van der Waals surface area contributed by atoms with E-state index in [1.165, 1.54) is 25.7 Å². The number of aliphatic hydroxyl groups is 1. The van der Waals surface area contributed by atoms with Crippen molar-refractivity contribution in [3.63, 3.8) is 0 Å². The molecule has 0 amide bonds. The van der Waals surface area contributed by atoms with Crippen molar-refractivity contribution in [2.24, 2.45) is 0 Å². The van der Waals surface area contributed by atoms with Crippen LogP contribution in [0.3, 0.4) is 0 Å². The number of hydrogen-bond donors (Lipinski definition) is 1. The summed E-state index contributed by atoms with van der Waals surface area (Å²) in [4.78, 5) is 12.0. The maximum atomic E-state index is 9.30.